The van der Waals surface area contributed by atoms with Crippen molar-refractivity contribution in [2.24, 2.45) is 5.41 Å². The van der Waals surface area contributed by atoms with E-state index in [1.165, 1.54) is 25.7 Å². The molecule has 0 unspecified atom stereocenters. The summed E-state index contributed by atoms with van der Waals surface area (Å²) in [5, 5.41) is 8.66. The topological polar surface area (TPSA) is 45.5 Å². The fourth-order valence-electron chi connectivity index (χ4n) is 4.25. The Balaban J connectivity index is 1.33. The van der Waals surface area contributed by atoms with Gasteiger partial charge >= 0.3 is 0 Å². The lowest BCUT2D eigenvalue weighted by Crippen LogP contribution is -2.66. The molecule has 1 aliphatic heterocycles. The van der Waals surface area contributed by atoms with Crippen molar-refractivity contribution in [2.75, 3.05) is 18.0 Å². The second-order valence-electron chi connectivity index (χ2n) is 7.40. The molecular weight excluding hydrogens is 298 g/mol. The summed E-state index contributed by atoms with van der Waals surface area (Å²) in [4.78, 5) is 6.91. The highest BCUT2D eigenvalue weighted by atomic mass is 35.5. The van der Waals surface area contributed by atoms with Gasteiger partial charge in [-0.05, 0) is 44.2 Å². The van der Waals surface area contributed by atoms with Crippen molar-refractivity contribution in [3.05, 3.63) is 23.1 Å². The predicted molar refractivity (Wildman–Crippen MR) is 86.6 cm³/mol. The van der Waals surface area contributed by atoms with E-state index in [2.05, 4.69) is 27.2 Å². The van der Waals surface area contributed by atoms with Crippen LogP contribution >= 0.6 is 11.6 Å². The van der Waals surface area contributed by atoms with Crippen molar-refractivity contribution in [1.29, 1.82) is 0 Å². The molecule has 0 atom stereocenters. The van der Waals surface area contributed by atoms with E-state index in [1.807, 2.05) is 6.07 Å². The van der Waals surface area contributed by atoms with E-state index in [0.29, 0.717) is 10.6 Å². The minimum absolute atomic E-state index is 0.527. The Morgan fingerprint density at radius 1 is 1.27 bits per heavy atom. The average molecular weight is 318 g/mol. The maximum absolute atomic E-state index is 6.23. The molecule has 3 fully saturated rings. The fourth-order valence-corrected chi connectivity index (χ4v) is 4.54. The molecule has 2 aromatic rings. The maximum Gasteiger partial charge on any atom is 0.156 e. The normalized spacial score (nSPS) is 23.8. The van der Waals surface area contributed by atoms with E-state index >= 15 is 0 Å². The summed E-state index contributed by atoms with van der Waals surface area (Å²) in [6, 6.07) is 3.54. The van der Waals surface area contributed by atoms with Crippen LogP contribution in [0.5, 0.6) is 0 Å². The van der Waals surface area contributed by atoms with Crippen LogP contribution in [0.2, 0.25) is 5.15 Å². The van der Waals surface area contributed by atoms with Gasteiger partial charge in [0.05, 0.1) is 0 Å². The summed E-state index contributed by atoms with van der Waals surface area (Å²) in [6.45, 7) is 4.30. The Kier molecular flexibility index (Phi) is 2.60. The third-order valence-corrected chi connectivity index (χ3v) is 5.71. The molecule has 0 bridgehead atoms. The zero-order valence-electron chi connectivity index (χ0n) is 12.7. The number of nitrogens with one attached hydrogen (secondary N) is 1. The molecule has 116 valence electrons. The number of hydrogen-bond donors (Lipinski definition) is 1. The van der Waals surface area contributed by atoms with Crippen LogP contribution in [-0.4, -0.2) is 39.8 Å². The monoisotopic (exact) mass is 317 g/mol. The average Bonchev–Trinajstić information content (AvgIpc) is 3.18. The van der Waals surface area contributed by atoms with Crippen LogP contribution in [-0.2, 0) is 0 Å². The molecule has 0 aromatic carbocycles. The van der Waals surface area contributed by atoms with Gasteiger partial charge in [-0.3, -0.25) is 0 Å². The van der Waals surface area contributed by atoms with E-state index in [-0.39, 0.29) is 0 Å². The van der Waals surface area contributed by atoms with Gasteiger partial charge in [-0.15, -0.1) is 0 Å². The van der Waals surface area contributed by atoms with E-state index in [4.69, 9.17) is 11.6 Å². The molecule has 2 aromatic heterocycles. The Labute approximate surface area is 134 Å². The lowest BCUT2D eigenvalue weighted by Gasteiger charge is -2.59. The molecule has 1 saturated heterocycles. The second kappa shape index (κ2) is 4.36. The molecule has 3 aliphatic rings. The molecular formula is C16H20ClN5. The Bertz CT molecular complexity index is 736. The highest BCUT2D eigenvalue weighted by molar-refractivity contribution is 6.30. The van der Waals surface area contributed by atoms with Crippen LogP contribution in [0.1, 0.15) is 31.2 Å². The molecule has 1 spiro atoms. The summed E-state index contributed by atoms with van der Waals surface area (Å²) >= 11 is 6.23. The van der Waals surface area contributed by atoms with Crippen molar-refractivity contribution in [3.63, 3.8) is 0 Å². The molecule has 5 nitrogen and oxygen atoms in total. The number of hydrogen-bond acceptors (Lipinski definition) is 4. The van der Waals surface area contributed by atoms with Gasteiger partial charge < -0.3 is 10.2 Å². The summed E-state index contributed by atoms with van der Waals surface area (Å²) in [6.07, 6.45) is 7.01. The Hall–Kier alpha value is -1.33. The number of aromatic nitrogens is 3. The zero-order valence-corrected chi connectivity index (χ0v) is 13.5. The van der Waals surface area contributed by atoms with Gasteiger partial charge in [0.15, 0.2) is 5.82 Å². The predicted octanol–water partition coefficient (Wildman–Crippen LogP) is 2.41. The van der Waals surface area contributed by atoms with E-state index in [1.54, 1.807) is 10.8 Å². The van der Waals surface area contributed by atoms with Crippen LogP contribution in [0.15, 0.2) is 12.4 Å². The first kappa shape index (κ1) is 13.1. The van der Waals surface area contributed by atoms with E-state index < -0.39 is 0 Å². The first-order valence-corrected chi connectivity index (χ1v) is 8.51. The Morgan fingerprint density at radius 2 is 2.05 bits per heavy atom. The van der Waals surface area contributed by atoms with Gasteiger partial charge in [0.1, 0.15) is 17.0 Å². The number of fused-ring (bicyclic) bond motifs is 1. The maximum atomic E-state index is 6.23. The zero-order chi connectivity index (χ0) is 14.9. The molecule has 6 heteroatoms. The highest BCUT2D eigenvalue weighted by Crippen LogP contribution is 2.50. The van der Waals surface area contributed by atoms with Crippen LogP contribution < -0.4 is 10.2 Å². The van der Waals surface area contributed by atoms with Crippen molar-refractivity contribution in [1.82, 2.24) is 19.9 Å². The first-order valence-electron chi connectivity index (χ1n) is 8.13. The quantitative estimate of drug-likeness (QED) is 0.944. The van der Waals surface area contributed by atoms with Gasteiger partial charge in [0.2, 0.25) is 0 Å². The fraction of sp³-hybridized carbons (Fsp3) is 0.625. The standard InChI is InChI=1S/C16H20ClN5/c1-10-4-13(17)22-14(10)15(18-9-19-22)21-7-16(8-21)5-12(6-16)20-11-2-3-11/h4,9,11-12,20H,2-3,5-8H2,1H3. The number of halogens is 1. The first-order chi connectivity index (χ1) is 10.6. The minimum Gasteiger partial charge on any atom is -0.354 e. The number of aryl methyl sites for hydroxylation is 1. The van der Waals surface area contributed by atoms with Gasteiger partial charge in [-0.25, -0.2) is 9.50 Å². The van der Waals surface area contributed by atoms with Crippen molar-refractivity contribution < 1.29 is 0 Å². The summed E-state index contributed by atoms with van der Waals surface area (Å²) in [5.41, 5.74) is 2.72. The van der Waals surface area contributed by atoms with Crippen LogP contribution in [0.3, 0.4) is 0 Å². The summed E-state index contributed by atoms with van der Waals surface area (Å²) < 4.78 is 1.79. The largest absolute Gasteiger partial charge is 0.354 e. The molecule has 0 amide bonds. The molecule has 2 aliphatic carbocycles. The molecule has 1 N–H and O–H groups in total. The van der Waals surface area contributed by atoms with Gasteiger partial charge in [-0.1, -0.05) is 11.6 Å². The third-order valence-electron chi connectivity index (χ3n) is 5.44. The molecule has 2 saturated carbocycles. The molecule has 3 heterocycles. The molecule has 0 radical (unpaired) electrons. The van der Waals surface area contributed by atoms with E-state index in [9.17, 15) is 0 Å². The lowest BCUT2D eigenvalue weighted by atomic mass is 9.60. The number of nitrogens with zero attached hydrogens (tertiary/aromatic N) is 4. The van der Waals surface area contributed by atoms with E-state index in [0.717, 1.165) is 42.1 Å². The van der Waals surface area contributed by atoms with Crippen LogP contribution in [0.25, 0.3) is 5.52 Å². The second-order valence-corrected chi connectivity index (χ2v) is 7.78. The molecule has 22 heavy (non-hydrogen) atoms. The van der Waals surface area contributed by atoms with Gasteiger partial charge in [-0.2, -0.15) is 5.10 Å². The van der Waals surface area contributed by atoms with Gasteiger partial charge in [0, 0.05) is 30.6 Å². The smallest absolute Gasteiger partial charge is 0.156 e. The lowest BCUT2D eigenvalue weighted by molar-refractivity contribution is 0.0471. The highest BCUT2D eigenvalue weighted by Gasteiger charge is 2.53. The third kappa shape index (κ3) is 1.88. The Morgan fingerprint density at radius 3 is 2.77 bits per heavy atom. The van der Waals surface area contributed by atoms with Gasteiger partial charge in [0.25, 0.3) is 0 Å². The minimum atomic E-state index is 0.527. The number of rotatable bonds is 3. The van der Waals surface area contributed by atoms with Crippen molar-refractivity contribution in [3.8, 4) is 0 Å². The summed E-state index contributed by atoms with van der Waals surface area (Å²) in [5.74, 6) is 1.03. The van der Waals surface area contributed by atoms with Crippen molar-refractivity contribution in [2.45, 2.75) is 44.7 Å². The number of anilines is 1. The summed E-state index contributed by atoms with van der Waals surface area (Å²) in [7, 11) is 0. The van der Waals surface area contributed by atoms with Crippen LogP contribution in [0, 0.1) is 12.3 Å². The van der Waals surface area contributed by atoms with Crippen molar-refractivity contribution >= 4 is 22.9 Å². The van der Waals surface area contributed by atoms with Crippen LogP contribution in [0.4, 0.5) is 5.82 Å². The SMILES string of the molecule is Cc1cc(Cl)n2ncnc(N3CC4(CC(NC5CC5)C4)C3)c12. The molecule has 5 rings (SSSR count).